The number of rotatable bonds is 8. The summed E-state index contributed by atoms with van der Waals surface area (Å²) in [6.07, 6.45) is 1.62. The van der Waals surface area contributed by atoms with Crippen molar-refractivity contribution in [2.24, 2.45) is 5.14 Å². The number of benzene rings is 2. The monoisotopic (exact) mass is 501 g/mol. The molecule has 6 N–H and O–H groups in total. The fraction of sp³-hybridized carbons (Fsp3) is 0.0476. The number of primary sulfonamides is 1. The molecule has 0 spiro atoms. The fourth-order valence-electron chi connectivity index (χ4n) is 2.87. The lowest BCUT2D eigenvalue weighted by Crippen LogP contribution is -2.11. The molecule has 4 rings (SSSR count). The molecule has 0 radical (unpaired) electrons. The molecule has 0 aliphatic heterocycles. The Bertz CT molecular complexity index is 1410. The van der Waals surface area contributed by atoms with Crippen molar-refractivity contribution >= 4 is 49.3 Å². The summed E-state index contributed by atoms with van der Waals surface area (Å²) in [5.41, 5.74) is 8.12. The molecule has 2 aromatic carbocycles. The molecule has 0 unspecified atom stereocenters. The van der Waals surface area contributed by atoms with E-state index in [9.17, 15) is 13.5 Å². The predicted octanol–water partition coefficient (Wildman–Crippen LogP) is 4.18. The van der Waals surface area contributed by atoms with E-state index in [1.165, 1.54) is 40.9 Å². The number of anilines is 3. The Morgan fingerprint density at radius 2 is 1.94 bits per heavy atom. The van der Waals surface area contributed by atoms with Gasteiger partial charge < -0.3 is 20.9 Å². The smallest absolute Gasteiger partial charge is 0.238 e. The van der Waals surface area contributed by atoms with Crippen LogP contribution in [0.2, 0.25) is 0 Å². The Morgan fingerprint density at radius 3 is 2.64 bits per heavy atom. The van der Waals surface area contributed by atoms with Gasteiger partial charge in [0.15, 0.2) is 5.13 Å². The van der Waals surface area contributed by atoms with Crippen LogP contribution in [0.3, 0.4) is 0 Å². The summed E-state index contributed by atoms with van der Waals surface area (Å²) < 4.78 is 28.3. The van der Waals surface area contributed by atoms with Crippen LogP contribution in [0.5, 0.6) is 11.5 Å². The predicted molar refractivity (Wildman–Crippen MR) is 132 cm³/mol. The van der Waals surface area contributed by atoms with Gasteiger partial charge in [-0.2, -0.15) is 0 Å². The van der Waals surface area contributed by atoms with Crippen molar-refractivity contribution in [3.8, 4) is 32.6 Å². The third-order valence-corrected chi connectivity index (χ3v) is 7.25. The van der Waals surface area contributed by atoms with Gasteiger partial charge in [0.05, 0.1) is 10.6 Å². The van der Waals surface area contributed by atoms with Crippen LogP contribution >= 0.6 is 22.7 Å². The summed E-state index contributed by atoms with van der Waals surface area (Å²) in [4.78, 5) is 9.70. The number of nitrogens with two attached hydrogens (primary N) is 2. The molecule has 2 aromatic heterocycles. The SMILES string of the molecule is C=CCOc1cc(O)cc(-c2csc(-c3sc(Nc4ccc(S(N)(=O)=O)cc4)nc3N)n2)c1. The molecule has 33 heavy (non-hydrogen) atoms. The minimum absolute atomic E-state index is 0.0210. The second-order valence-corrected chi connectivity index (χ2v) is 10.2. The van der Waals surface area contributed by atoms with Gasteiger partial charge in [0.2, 0.25) is 10.0 Å². The maximum atomic E-state index is 11.4. The summed E-state index contributed by atoms with van der Waals surface area (Å²) in [6.45, 7) is 3.94. The van der Waals surface area contributed by atoms with E-state index in [-0.39, 0.29) is 10.6 Å². The normalized spacial score (nSPS) is 11.3. The first-order chi connectivity index (χ1) is 15.7. The number of hydrogen-bond acceptors (Lipinski definition) is 10. The summed E-state index contributed by atoms with van der Waals surface area (Å²) >= 11 is 2.71. The first-order valence-corrected chi connectivity index (χ1v) is 12.7. The Balaban J connectivity index is 1.56. The molecular weight excluding hydrogens is 482 g/mol. The number of hydrogen-bond donors (Lipinski definition) is 4. The molecule has 170 valence electrons. The fourth-order valence-corrected chi connectivity index (χ4v) is 5.22. The van der Waals surface area contributed by atoms with Crippen LogP contribution in [0.25, 0.3) is 21.1 Å². The Morgan fingerprint density at radius 1 is 1.18 bits per heavy atom. The van der Waals surface area contributed by atoms with Gasteiger partial charge in [-0.15, -0.1) is 11.3 Å². The molecule has 0 aliphatic rings. The van der Waals surface area contributed by atoms with E-state index in [0.29, 0.717) is 50.1 Å². The first-order valence-electron chi connectivity index (χ1n) is 9.43. The van der Waals surface area contributed by atoms with E-state index in [2.05, 4.69) is 21.9 Å². The number of phenols is 1. The van der Waals surface area contributed by atoms with E-state index < -0.39 is 10.0 Å². The van der Waals surface area contributed by atoms with Crippen molar-refractivity contribution in [1.82, 2.24) is 9.97 Å². The van der Waals surface area contributed by atoms with Crippen LogP contribution in [-0.4, -0.2) is 30.1 Å². The van der Waals surface area contributed by atoms with E-state index >= 15 is 0 Å². The lowest BCUT2D eigenvalue weighted by molar-refractivity contribution is 0.360. The van der Waals surface area contributed by atoms with Gasteiger partial charge in [0.25, 0.3) is 0 Å². The maximum Gasteiger partial charge on any atom is 0.238 e. The largest absolute Gasteiger partial charge is 0.508 e. The average Bonchev–Trinajstić information content (AvgIpc) is 3.38. The van der Waals surface area contributed by atoms with Crippen molar-refractivity contribution in [3.63, 3.8) is 0 Å². The van der Waals surface area contributed by atoms with Crippen molar-refractivity contribution in [2.45, 2.75) is 4.90 Å². The number of phenolic OH excluding ortho intramolecular Hbond substituents is 1. The third kappa shape index (κ3) is 5.31. The second-order valence-electron chi connectivity index (χ2n) is 6.78. The molecule has 9 nitrogen and oxygen atoms in total. The van der Waals surface area contributed by atoms with Crippen LogP contribution in [0.1, 0.15) is 0 Å². The topological polar surface area (TPSA) is 153 Å². The highest BCUT2D eigenvalue weighted by atomic mass is 32.2. The number of nitrogens with one attached hydrogen (secondary N) is 1. The molecule has 0 saturated carbocycles. The molecule has 12 heteroatoms. The second kappa shape index (κ2) is 9.19. The molecule has 0 bridgehead atoms. The van der Waals surface area contributed by atoms with Crippen LogP contribution < -0.4 is 20.9 Å². The lowest BCUT2D eigenvalue weighted by Gasteiger charge is -2.06. The van der Waals surface area contributed by atoms with Crippen molar-refractivity contribution < 1.29 is 18.3 Å². The van der Waals surface area contributed by atoms with Gasteiger partial charge in [-0.25, -0.2) is 23.5 Å². The number of thiazole rings is 2. The highest BCUT2D eigenvalue weighted by molar-refractivity contribution is 7.89. The highest BCUT2D eigenvalue weighted by Crippen LogP contribution is 2.40. The van der Waals surface area contributed by atoms with Crippen LogP contribution in [-0.2, 0) is 10.0 Å². The number of nitrogens with zero attached hydrogens (tertiary/aromatic N) is 2. The molecule has 0 saturated heterocycles. The lowest BCUT2D eigenvalue weighted by atomic mass is 10.1. The van der Waals surface area contributed by atoms with Crippen LogP contribution in [0.4, 0.5) is 16.6 Å². The van der Waals surface area contributed by atoms with Gasteiger partial charge in [-0.3, -0.25) is 0 Å². The molecule has 0 fully saturated rings. The van der Waals surface area contributed by atoms with Crippen LogP contribution in [0.15, 0.2) is 65.4 Å². The van der Waals surface area contributed by atoms with Crippen molar-refractivity contribution in [3.05, 3.63) is 60.5 Å². The quantitative estimate of drug-likeness (QED) is 0.262. The summed E-state index contributed by atoms with van der Waals surface area (Å²) in [5.74, 6) is 0.894. The van der Waals surface area contributed by atoms with Gasteiger partial charge in [0.1, 0.15) is 33.8 Å². The van der Waals surface area contributed by atoms with E-state index in [0.717, 1.165) is 0 Å². The van der Waals surface area contributed by atoms with E-state index in [1.807, 2.05) is 5.38 Å². The summed E-state index contributed by atoms with van der Waals surface area (Å²) in [5, 5.41) is 21.3. The number of ether oxygens (including phenoxy) is 1. The summed E-state index contributed by atoms with van der Waals surface area (Å²) in [6, 6.07) is 10.9. The zero-order valence-electron chi connectivity index (χ0n) is 17.1. The molecular formula is C21H19N5O4S3. The molecule has 0 aliphatic carbocycles. The standard InChI is InChI=1S/C21H19N5O4S3/c1-2-7-30-15-9-12(8-14(27)10-15)17-11-31-20(25-17)18-19(22)26-21(32-18)24-13-3-5-16(6-4-13)33(23,28)29/h2-6,8-11,27H,1,7,22H2,(H,24,26)(H2,23,28,29). The maximum absolute atomic E-state index is 11.4. The zero-order valence-corrected chi connectivity index (χ0v) is 19.5. The van der Waals surface area contributed by atoms with Gasteiger partial charge in [-0.05, 0) is 36.4 Å². The van der Waals surface area contributed by atoms with Crippen molar-refractivity contribution in [2.75, 3.05) is 17.7 Å². The van der Waals surface area contributed by atoms with Gasteiger partial charge in [0, 0.05) is 22.7 Å². The minimum Gasteiger partial charge on any atom is -0.508 e. The summed E-state index contributed by atoms with van der Waals surface area (Å²) in [7, 11) is -3.76. The molecule has 0 atom stereocenters. The average molecular weight is 502 g/mol. The van der Waals surface area contributed by atoms with E-state index in [1.54, 1.807) is 30.3 Å². The van der Waals surface area contributed by atoms with E-state index in [4.69, 9.17) is 15.6 Å². The van der Waals surface area contributed by atoms with Crippen molar-refractivity contribution in [1.29, 1.82) is 0 Å². The number of sulfonamides is 1. The third-order valence-electron chi connectivity index (χ3n) is 4.34. The minimum atomic E-state index is -3.76. The van der Waals surface area contributed by atoms with Gasteiger partial charge in [-0.1, -0.05) is 24.0 Å². The zero-order chi connectivity index (χ0) is 23.6. The van der Waals surface area contributed by atoms with Crippen LogP contribution in [0, 0.1) is 0 Å². The highest BCUT2D eigenvalue weighted by Gasteiger charge is 2.16. The first kappa shape index (κ1) is 22.7. The Hall–Kier alpha value is -3.45. The van der Waals surface area contributed by atoms with Gasteiger partial charge >= 0.3 is 0 Å². The molecule has 2 heterocycles. The molecule has 0 amide bonds. The Kier molecular flexibility index (Phi) is 6.33. The Labute approximate surface area is 198 Å². The number of aromatic nitrogens is 2. The number of nitrogen functional groups attached to an aromatic ring is 1. The number of aromatic hydroxyl groups is 1. The molecule has 4 aromatic rings.